The van der Waals surface area contributed by atoms with Crippen molar-refractivity contribution in [1.29, 1.82) is 0 Å². The van der Waals surface area contributed by atoms with Gasteiger partial charge in [-0.1, -0.05) is 13.2 Å². The van der Waals surface area contributed by atoms with Gasteiger partial charge in [0.05, 0.1) is 12.7 Å². The molecular weight excluding hydrogens is 447 g/mol. The fraction of sp³-hybridized carbons (Fsp3) is 0.280. The highest BCUT2D eigenvalue weighted by Gasteiger charge is 2.24. The summed E-state index contributed by atoms with van der Waals surface area (Å²) < 4.78 is 15.4. The molecule has 5 heterocycles. The lowest BCUT2D eigenvalue weighted by molar-refractivity contribution is -0.117. The molecule has 0 saturated carbocycles. The van der Waals surface area contributed by atoms with E-state index in [0.717, 1.165) is 31.6 Å². The van der Waals surface area contributed by atoms with E-state index in [1.807, 2.05) is 11.0 Å². The van der Waals surface area contributed by atoms with E-state index in [1.165, 1.54) is 12.3 Å². The van der Waals surface area contributed by atoms with Gasteiger partial charge in [-0.05, 0) is 38.0 Å². The number of pyridine rings is 1. The number of amides is 1. The first-order chi connectivity index (χ1) is 16.9. The van der Waals surface area contributed by atoms with Crippen LogP contribution in [0, 0.1) is 5.82 Å². The van der Waals surface area contributed by atoms with Crippen LogP contribution < -0.4 is 10.6 Å². The molecule has 0 aromatic carbocycles. The Hall–Kier alpha value is -4.21. The van der Waals surface area contributed by atoms with Gasteiger partial charge in [0.1, 0.15) is 28.8 Å². The number of aromatic nitrogens is 4. The molecule has 2 aliphatic heterocycles. The summed E-state index contributed by atoms with van der Waals surface area (Å²) in [6.45, 7) is 12.2. The molecule has 1 atom stereocenters. The van der Waals surface area contributed by atoms with Crippen molar-refractivity contribution in [3.63, 3.8) is 0 Å². The number of hydrogen-bond acceptors (Lipinski definition) is 7. The number of imidazole rings is 1. The summed E-state index contributed by atoms with van der Waals surface area (Å²) in [5, 5.41) is 6.29. The minimum atomic E-state index is -0.352. The van der Waals surface area contributed by atoms with E-state index in [0.29, 0.717) is 40.9 Å². The minimum Gasteiger partial charge on any atom is -0.372 e. The maximum Gasteiger partial charge on any atom is 0.253 e. The number of nitrogens with one attached hydrogen (secondary N) is 2. The van der Waals surface area contributed by atoms with Crippen LogP contribution in [-0.4, -0.2) is 60.7 Å². The lowest BCUT2D eigenvalue weighted by Gasteiger charge is -2.38. The van der Waals surface area contributed by atoms with E-state index < -0.39 is 0 Å². The maximum atomic E-state index is 13.8. The molecule has 0 radical (unpaired) electrons. The number of hydrogen-bond donors (Lipinski definition) is 2. The van der Waals surface area contributed by atoms with Crippen LogP contribution >= 0.6 is 0 Å². The highest BCUT2D eigenvalue weighted by molar-refractivity contribution is 5.94. The lowest BCUT2D eigenvalue weighted by Crippen LogP contribution is -2.45. The Bertz CT molecular complexity index is 1350. The minimum absolute atomic E-state index is 0.127. The number of carbonyl (C=O) groups is 1. The number of likely N-dealkylation sites (tertiary alicyclic amines) is 1. The summed E-state index contributed by atoms with van der Waals surface area (Å²) >= 11 is 0. The van der Waals surface area contributed by atoms with Crippen LogP contribution in [0.25, 0.3) is 17.2 Å². The summed E-state index contributed by atoms with van der Waals surface area (Å²) in [5.41, 5.74) is 2.84. The zero-order chi connectivity index (χ0) is 24.5. The fourth-order valence-electron chi connectivity index (χ4n) is 4.38. The Morgan fingerprint density at radius 3 is 3.03 bits per heavy atom. The molecule has 0 aliphatic carbocycles. The summed E-state index contributed by atoms with van der Waals surface area (Å²) in [6.07, 6.45) is 8.52. The molecule has 180 valence electrons. The molecule has 0 unspecified atom stereocenters. The quantitative estimate of drug-likeness (QED) is 0.567. The van der Waals surface area contributed by atoms with Crippen LogP contribution in [-0.2, 0) is 4.79 Å². The Labute approximate surface area is 202 Å². The van der Waals surface area contributed by atoms with Crippen molar-refractivity contribution in [2.45, 2.75) is 25.8 Å². The lowest BCUT2D eigenvalue weighted by atomic mass is 10.0. The van der Waals surface area contributed by atoms with Crippen molar-refractivity contribution in [3.8, 4) is 11.5 Å². The van der Waals surface area contributed by atoms with Gasteiger partial charge >= 0.3 is 0 Å². The Morgan fingerprint density at radius 1 is 1.31 bits per heavy atom. The third kappa shape index (κ3) is 4.72. The number of halogens is 1. The highest BCUT2D eigenvalue weighted by atomic mass is 19.1. The average Bonchev–Trinajstić information content (AvgIpc) is 3.26. The largest absolute Gasteiger partial charge is 0.372 e. The molecule has 1 amide bonds. The fourth-order valence-corrected chi connectivity index (χ4v) is 4.38. The number of anilines is 1. The summed E-state index contributed by atoms with van der Waals surface area (Å²) in [5.74, 6) is 1.24. The van der Waals surface area contributed by atoms with E-state index in [9.17, 15) is 9.18 Å². The normalized spacial score (nSPS) is 18.5. The van der Waals surface area contributed by atoms with Crippen LogP contribution in [0.5, 0.6) is 0 Å². The second-order valence-corrected chi connectivity index (χ2v) is 8.82. The van der Waals surface area contributed by atoms with E-state index in [1.54, 1.807) is 36.0 Å². The van der Waals surface area contributed by atoms with E-state index in [4.69, 9.17) is 0 Å². The Kier molecular flexibility index (Phi) is 5.94. The van der Waals surface area contributed by atoms with Crippen LogP contribution in [0.15, 0.2) is 73.2 Å². The third-order valence-corrected chi connectivity index (χ3v) is 6.24. The standard InChI is InChI=1S/C25H27FN8O/c1-16-12-33(18(3)29-25(16)35)13-17(2)32-10-4-5-20(15-32)30-22-8-9-27-24(31-22)21-11-28-23-7-6-19(26)14-34(21)23/h6-9,11-12,14,20H,2-5,10,13,15H2,1H3,(H,29,35)(H,27,30,31)/t20-/m1/s1. The zero-order valence-electron chi connectivity index (χ0n) is 19.5. The predicted octanol–water partition coefficient (Wildman–Crippen LogP) is 3.13. The molecule has 5 rings (SSSR count). The number of fused-ring (bicyclic) bond motifs is 1. The van der Waals surface area contributed by atoms with E-state index in [-0.39, 0.29) is 17.8 Å². The third-order valence-electron chi connectivity index (χ3n) is 6.24. The molecule has 35 heavy (non-hydrogen) atoms. The van der Waals surface area contributed by atoms with Gasteiger partial charge < -0.3 is 20.4 Å². The second-order valence-electron chi connectivity index (χ2n) is 8.82. The van der Waals surface area contributed by atoms with Crippen molar-refractivity contribution in [1.82, 2.24) is 34.5 Å². The molecule has 2 N–H and O–H groups in total. The first-order valence-electron chi connectivity index (χ1n) is 11.5. The molecule has 9 nitrogen and oxygen atoms in total. The molecular formula is C25H27FN8O. The number of carbonyl (C=O) groups excluding carboxylic acids is 1. The zero-order valence-corrected chi connectivity index (χ0v) is 19.5. The van der Waals surface area contributed by atoms with Gasteiger partial charge in [-0.2, -0.15) is 0 Å². The second kappa shape index (κ2) is 9.21. The van der Waals surface area contributed by atoms with Crippen LogP contribution in [0.2, 0.25) is 0 Å². The predicted molar refractivity (Wildman–Crippen MR) is 131 cm³/mol. The van der Waals surface area contributed by atoms with Crippen molar-refractivity contribution in [2.75, 3.05) is 25.0 Å². The molecule has 0 bridgehead atoms. The average molecular weight is 475 g/mol. The molecule has 1 fully saturated rings. The van der Waals surface area contributed by atoms with Gasteiger partial charge in [0.15, 0.2) is 5.82 Å². The van der Waals surface area contributed by atoms with Gasteiger partial charge in [-0.15, -0.1) is 0 Å². The summed E-state index contributed by atoms with van der Waals surface area (Å²) in [4.78, 5) is 29.3. The first-order valence-corrected chi connectivity index (χ1v) is 11.5. The van der Waals surface area contributed by atoms with Gasteiger partial charge in [0, 0.05) is 49.0 Å². The number of piperidine rings is 1. The Balaban J connectivity index is 1.26. The van der Waals surface area contributed by atoms with Crippen molar-refractivity contribution in [3.05, 3.63) is 79.1 Å². The van der Waals surface area contributed by atoms with Gasteiger partial charge in [0.2, 0.25) is 0 Å². The molecule has 0 spiro atoms. The highest BCUT2D eigenvalue weighted by Crippen LogP contribution is 2.22. The molecule has 10 heteroatoms. The van der Waals surface area contributed by atoms with E-state index >= 15 is 0 Å². The topological polar surface area (TPSA) is 90.7 Å². The monoisotopic (exact) mass is 474 g/mol. The van der Waals surface area contributed by atoms with Crippen molar-refractivity contribution >= 4 is 17.4 Å². The van der Waals surface area contributed by atoms with Crippen LogP contribution in [0.1, 0.15) is 19.8 Å². The summed E-state index contributed by atoms with van der Waals surface area (Å²) in [7, 11) is 0. The van der Waals surface area contributed by atoms with Gasteiger partial charge in [-0.3, -0.25) is 9.20 Å². The molecule has 3 aromatic heterocycles. The van der Waals surface area contributed by atoms with Gasteiger partial charge in [0.25, 0.3) is 5.91 Å². The molecule has 3 aromatic rings. The molecule has 1 saturated heterocycles. The van der Waals surface area contributed by atoms with Crippen molar-refractivity contribution < 1.29 is 9.18 Å². The summed E-state index contributed by atoms with van der Waals surface area (Å²) in [6, 6.07) is 5.00. The molecule has 2 aliphatic rings. The van der Waals surface area contributed by atoms with Crippen LogP contribution in [0.4, 0.5) is 10.2 Å². The van der Waals surface area contributed by atoms with Gasteiger partial charge in [-0.25, -0.2) is 19.3 Å². The number of nitrogens with zero attached hydrogens (tertiary/aromatic N) is 6. The number of rotatable bonds is 6. The Morgan fingerprint density at radius 2 is 2.17 bits per heavy atom. The smallest absolute Gasteiger partial charge is 0.253 e. The first kappa shape index (κ1) is 22.6. The van der Waals surface area contributed by atoms with Crippen LogP contribution in [0.3, 0.4) is 0 Å². The maximum absolute atomic E-state index is 13.8. The SMILES string of the molecule is C=C1NC(=O)C(C)=CN1CC(=C)N1CCC[C@@H](Nc2ccnc(-c3cnc4ccc(F)cn34)n2)C1. The van der Waals surface area contributed by atoms with Crippen molar-refractivity contribution in [2.24, 2.45) is 0 Å². The van der Waals surface area contributed by atoms with E-state index in [2.05, 4.69) is 43.6 Å².